The minimum absolute atomic E-state index is 0.00701. The molecule has 2 aromatic rings. The summed E-state index contributed by atoms with van der Waals surface area (Å²) in [6.45, 7) is 2.30. The molecule has 1 fully saturated rings. The van der Waals surface area contributed by atoms with Gasteiger partial charge in [0, 0.05) is 25.7 Å². The molecule has 0 bridgehead atoms. The Bertz CT molecular complexity index is 801. The van der Waals surface area contributed by atoms with Gasteiger partial charge in [0.1, 0.15) is 0 Å². The third-order valence-corrected chi connectivity index (χ3v) is 4.98. The van der Waals surface area contributed by atoms with Crippen molar-refractivity contribution in [2.24, 2.45) is 5.73 Å². The Morgan fingerprint density at radius 1 is 1.11 bits per heavy atom. The molecule has 6 heteroatoms. The second-order valence-electron chi connectivity index (χ2n) is 6.95. The van der Waals surface area contributed by atoms with Crippen molar-refractivity contribution in [3.05, 3.63) is 59.7 Å². The fourth-order valence-electron chi connectivity index (χ4n) is 3.34. The molecule has 1 aliphatic heterocycles. The molecule has 0 unspecified atom stereocenters. The Morgan fingerprint density at radius 2 is 1.75 bits per heavy atom. The van der Waals surface area contributed by atoms with Crippen LogP contribution in [0, 0.1) is 0 Å². The van der Waals surface area contributed by atoms with Crippen LogP contribution in [0.2, 0.25) is 0 Å². The third kappa shape index (κ3) is 4.97. The summed E-state index contributed by atoms with van der Waals surface area (Å²) >= 11 is 0. The van der Waals surface area contributed by atoms with Gasteiger partial charge in [-0.05, 0) is 41.8 Å². The van der Waals surface area contributed by atoms with Crippen LogP contribution in [-0.4, -0.2) is 56.1 Å². The van der Waals surface area contributed by atoms with E-state index >= 15 is 0 Å². The molecule has 3 N–H and O–H groups in total. The van der Waals surface area contributed by atoms with Gasteiger partial charge in [-0.2, -0.15) is 0 Å². The summed E-state index contributed by atoms with van der Waals surface area (Å²) in [6.07, 6.45) is 1.16. The third-order valence-electron chi connectivity index (χ3n) is 4.98. The monoisotopic (exact) mass is 381 g/mol. The van der Waals surface area contributed by atoms with Gasteiger partial charge in [-0.25, -0.2) is 0 Å². The number of nitrogens with zero attached hydrogens (tertiary/aromatic N) is 1. The summed E-state index contributed by atoms with van der Waals surface area (Å²) in [5, 5.41) is 2.62. The first-order valence-corrected chi connectivity index (χ1v) is 9.61. The number of nitrogens with one attached hydrogen (secondary N) is 1. The largest absolute Gasteiger partial charge is 0.374 e. The molecule has 6 nitrogen and oxygen atoms in total. The van der Waals surface area contributed by atoms with Crippen molar-refractivity contribution in [3.63, 3.8) is 0 Å². The molecule has 0 radical (unpaired) electrons. The predicted octanol–water partition coefficient (Wildman–Crippen LogP) is 1.83. The topological polar surface area (TPSA) is 84.7 Å². The van der Waals surface area contributed by atoms with Gasteiger partial charge in [0.2, 0.25) is 5.91 Å². The van der Waals surface area contributed by atoms with Gasteiger partial charge in [-0.3, -0.25) is 9.59 Å². The molecule has 0 spiro atoms. The van der Waals surface area contributed by atoms with E-state index in [0.717, 1.165) is 23.1 Å². The van der Waals surface area contributed by atoms with E-state index in [0.29, 0.717) is 38.2 Å². The van der Waals surface area contributed by atoms with Crippen molar-refractivity contribution in [1.82, 2.24) is 10.2 Å². The lowest BCUT2D eigenvalue weighted by molar-refractivity contribution is -0.119. The summed E-state index contributed by atoms with van der Waals surface area (Å²) in [5.74, 6) is 0.0187. The molecule has 1 aliphatic rings. The molecule has 0 aromatic heterocycles. The van der Waals surface area contributed by atoms with Gasteiger partial charge in [0.05, 0.1) is 19.1 Å². The molecule has 2 aromatic carbocycles. The van der Waals surface area contributed by atoms with Gasteiger partial charge < -0.3 is 20.7 Å². The van der Waals surface area contributed by atoms with Crippen LogP contribution in [0.3, 0.4) is 0 Å². The number of amides is 2. The fourth-order valence-corrected chi connectivity index (χ4v) is 3.34. The van der Waals surface area contributed by atoms with Gasteiger partial charge in [0.25, 0.3) is 5.91 Å². The highest BCUT2D eigenvalue weighted by molar-refractivity contribution is 5.94. The summed E-state index contributed by atoms with van der Waals surface area (Å²) in [7, 11) is 1.63. The average Bonchev–Trinajstić information content (AvgIpc) is 2.74. The van der Waals surface area contributed by atoms with Gasteiger partial charge in [0.15, 0.2) is 0 Å². The molecule has 28 heavy (non-hydrogen) atoms. The number of benzene rings is 2. The summed E-state index contributed by atoms with van der Waals surface area (Å²) in [6, 6.07) is 15.5. The number of hydrogen-bond acceptors (Lipinski definition) is 4. The lowest BCUT2D eigenvalue weighted by atomic mass is 10.0. The van der Waals surface area contributed by atoms with Gasteiger partial charge in [-0.1, -0.05) is 36.4 Å². The molecule has 2 amide bonds. The maximum absolute atomic E-state index is 12.8. The minimum atomic E-state index is -0.00701. The Hall–Kier alpha value is -2.70. The smallest absolute Gasteiger partial charge is 0.254 e. The van der Waals surface area contributed by atoms with Crippen molar-refractivity contribution in [1.29, 1.82) is 0 Å². The van der Waals surface area contributed by atoms with Crippen molar-refractivity contribution in [2.45, 2.75) is 18.9 Å². The number of nitrogens with two attached hydrogens (primary N) is 1. The van der Waals surface area contributed by atoms with Crippen LogP contribution >= 0.6 is 0 Å². The Balaban J connectivity index is 1.66. The number of hydrogen-bond donors (Lipinski definition) is 2. The van der Waals surface area contributed by atoms with Crippen LogP contribution < -0.4 is 11.1 Å². The Kier molecular flexibility index (Phi) is 6.79. The van der Waals surface area contributed by atoms with Gasteiger partial charge in [-0.15, -0.1) is 0 Å². The van der Waals surface area contributed by atoms with E-state index < -0.39 is 0 Å². The van der Waals surface area contributed by atoms with Crippen LogP contribution in [0.15, 0.2) is 48.5 Å². The van der Waals surface area contributed by atoms with Crippen molar-refractivity contribution >= 4 is 11.8 Å². The molecule has 0 aliphatic carbocycles. The van der Waals surface area contributed by atoms with E-state index in [2.05, 4.69) is 5.32 Å². The SMILES string of the molecule is CNC(=O)Cc1ccc(-c2ccc(C(=O)N3CCO[C@H](CCN)C3)cc2)cc1. The predicted molar refractivity (Wildman–Crippen MR) is 109 cm³/mol. The zero-order valence-corrected chi connectivity index (χ0v) is 16.2. The van der Waals surface area contributed by atoms with Crippen molar-refractivity contribution in [2.75, 3.05) is 33.3 Å². The molecule has 1 atom stereocenters. The number of rotatable bonds is 6. The van der Waals surface area contributed by atoms with Crippen molar-refractivity contribution < 1.29 is 14.3 Å². The molecule has 3 rings (SSSR count). The highest BCUT2D eigenvalue weighted by atomic mass is 16.5. The maximum atomic E-state index is 12.8. The zero-order chi connectivity index (χ0) is 19.9. The minimum Gasteiger partial charge on any atom is -0.374 e. The molecular formula is C22H27N3O3. The van der Waals surface area contributed by atoms with E-state index in [-0.39, 0.29) is 17.9 Å². The van der Waals surface area contributed by atoms with E-state index in [4.69, 9.17) is 10.5 Å². The zero-order valence-electron chi connectivity index (χ0n) is 16.2. The van der Waals surface area contributed by atoms with Crippen LogP contribution in [0.4, 0.5) is 0 Å². The van der Waals surface area contributed by atoms with Crippen molar-refractivity contribution in [3.8, 4) is 11.1 Å². The van der Waals surface area contributed by atoms with Crippen LogP contribution in [-0.2, 0) is 16.0 Å². The van der Waals surface area contributed by atoms with E-state index in [1.165, 1.54) is 0 Å². The fraction of sp³-hybridized carbons (Fsp3) is 0.364. The number of carbonyl (C=O) groups excluding carboxylic acids is 2. The summed E-state index contributed by atoms with van der Waals surface area (Å²) < 4.78 is 5.65. The average molecular weight is 381 g/mol. The first kappa shape index (κ1) is 20.0. The lowest BCUT2D eigenvalue weighted by Crippen LogP contribution is -2.46. The standard InChI is InChI=1S/C22H27N3O3/c1-24-21(26)14-16-2-4-17(5-3-16)18-6-8-19(9-7-18)22(27)25-12-13-28-20(15-25)10-11-23/h2-9,20H,10-15,23H2,1H3,(H,24,26)/t20-/m1/s1. The quantitative estimate of drug-likeness (QED) is 0.800. The van der Waals surface area contributed by atoms with E-state index in [1.807, 2.05) is 53.4 Å². The van der Waals surface area contributed by atoms with E-state index in [9.17, 15) is 9.59 Å². The summed E-state index contributed by atoms with van der Waals surface area (Å²) in [4.78, 5) is 26.1. The second kappa shape index (κ2) is 9.48. The second-order valence-corrected chi connectivity index (χ2v) is 6.95. The molecular weight excluding hydrogens is 354 g/mol. The Labute approximate surface area is 165 Å². The van der Waals surface area contributed by atoms with Crippen LogP contribution in [0.5, 0.6) is 0 Å². The normalized spacial score (nSPS) is 16.6. The lowest BCUT2D eigenvalue weighted by Gasteiger charge is -2.33. The highest BCUT2D eigenvalue weighted by Gasteiger charge is 2.24. The first-order valence-electron chi connectivity index (χ1n) is 9.61. The first-order chi connectivity index (χ1) is 13.6. The molecule has 1 saturated heterocycles. The highest BCUT2D eigenvalue weighted by Crippen LogP contribution is 2.22. The molecule has 148 valence electrons. The Morgan fingerprint density at radius 3 is 2.36 bits per heavy atom. The number of likely N-dealkylation sites (N-methyl/N-ethyl adjacent to an activating group) is 1. The van der Waals surface area contributed by atoms with Crippen LogP contribution in [0.1, 0.15) is 22.3 Å². The van der Waals surface area contributed by atoms with Crippen LogP contribution in [0.25, 0.3) is 11.1 Å². The number of ether oxygens (including phenoxy) is 1. The van der Waals surface area contributed by atoms with Gasteiger partial charge >= 0.3 is 0 Å². The maximum Gasteiger partial charge on any atom is 0.254 e. The number of carbonyl (C=O) groups is 2. The molecule has 0 saturated carbocycles. The molecule has 1 heterocycles. The van der Waals surface area contributed by atoms with E-state index in [1.54, 1.807) is 7.05 Å². The number of morpholine rings is 1. The summed E-state index contributed by atoms with van der Waals surface area (Å²) in [5.41, 5.74) is 9.33.